The van der Waals surface area contributed by atoms with Crippen LogP contribution in [0.3, 0.4) is 0 Å². The van der Waals surface area contributed by atoms with E-state index in [1.165, 1.54) is 11.1 Å². The van der Waals surface area contributed by atoms with Crippen molar-refractivity contribution in [2.75, 3.05) is 13.1 Å². The minimum absolute atomic E-state index is 0. The number of rotatable bonds is 5. The Kier molecular flexibility index (Phi) is 5.91. The van der Waals surface area contributed by atoms with Crippen LogP contribution < -0.4 is 10.6 Å². The number of fused-ring (bicyclic) bond motifs is 1. The molecule has 6 nitrogen and oxygen atoms in total. The van der Waals surface area contributed by atoms with E-state index in [0.29, 0.717) is 19.5 Å². The monoisotopic (exact) mass is 321 g/mol. The third kappa shape index (κ3) is 4.05. The molecule has 1 aromatic heterocycles. The molecule has 22 heavy (non-hydrogen) atoms. The summed E-state index contributed by atoms with van der Waals surface area (Å²) >= 11 is 0. The van der Waals surface area contributed by atoms with E-state index in [4.69, 9.17) is 0 Å². The normalized spacial score (nSPS) is 16.5. The minimum Gasteiger partial charge on any atom is -0.354 e. The lowest BCUT2D eigenvalue weighted by atomic mass is 9.94. The van der Waals surface area contributed by atoms with Crippen LogP contribution in [0.4, 0.5) is 0 Å². The molecule has 0 spiro atoms. The van der Waals surface area contributed by atoms with Gasteiger partial charge in [-0.05, 0) is 24.1 Å². The molecule has 1 unspecified atom stereocenters. The summed E-state index contributed by atoms with van der Waals surface area (Å²) < 4.78 is 1.66. The number of hydrogen-bond donors (Lipinski definition) is 2. The fraction of sp³-hybridized carbons (Fsp3) is 0.400. The van der Waals surface area contributed by atoms with Crippen LogP contribution in [0.2, 0.25) is 0 Å². The first-order valence-corrected chi connectivity index (χ1v) is 7.25. The lowest BCUT2D eigenvalue weighted by Crippen LogP contribution is -2.39. The molecule has 0 bridgehead atoms. The molecule has 0 fully saturated rings. The van der Waals surface area contributed by atoms with E-state index in [1.54, 1.807) is 17.1 Å². The highest BCUT2D eigenvalue weighted by Crippen LogP contribution is 2.21. The van der Waals surface area contributed by atoms with E-state index in [1.807, 2.05) is 6.07 Å². The van der Waals surface area contributed by atoms with Crippen molar-refractivity contribution in [3.8, 4) is 0 Å². The summed E-state index contributed by atoms with van der Waals surface area (Å²) in [5.41, 5.74) is 2.67. The predicted octanol–water partition coefficient (Wildman–Crippen LogP) is 1.09. The summed E-state index contributed by atoms with van der Waals surface area (Å²) in [5.74, 6) is 0.0374. The first-order chi connectivity index (χ1) is 10.3. The van der Waals surface area contributed by atoms with Gasteiger partial charge in [0.15, 0.2) is 0 Å². The van der Waals surface area contributed by atoms with E-state index < -0.39 is 0 Å². The number of aromatic nitrogens is 3. The smallest absolute Gasteiger partial charge is 0.221 e. The Morgan fingerprint density at radius 2 is 2.27 bits per heavy atom. The van der Waals surface area contributed by atoms with Crippen LogP contribution in [0, 0.1) is 0 Å². The number of benzene rings is 1. The Hall–Kier alpha value is -1.92. The molecule has 0 saturated heterocycles. The zero-order valence-corrected chi connectivity index (χ0v) is 13.1. The number of carbonyl (C=O) groups excluding carboxylic acids is 1. The summed E-state index contributed by atoms with van der Waals surface area (Å²) in [6, 6.07) is 8.61. The third-order valence-corrected chi connectivity index (χ3v) is 3.76. The average molecular weight is 322 g/mol. The van der Waals surface area contributed by atoms with Gasteiger partial charge in [0.2, 0.25) is 5.91 Å². The Morgan fingerprint density at radius 1 is 1.41 bits per heavy atom. The molecule has 1 aliphatic rings. The zero-order chi connectivity index (χ0) is 14.5. The van der Waals surface area contributed by atoms with E-state index >= 15 is 0 Å². The summed E-state index contributed by atoms with van der Waals surface area (Å²) in [5, 5.41) is 14.0. The van der Waals surface area contributed by atoms with Crippen LogP contribution in [0.15, 0.2) is 36.7 Å². The zero-order valence-electron chi connectivity index (χ0n) is 12.2. The number of halogens is 1. The van der Waals surface area contributed by atoms with Crippen molar-refractivity contribution < 1.29 is 4.79 Å². The van der Waals surface area contributed by atoms with E-state index in [2.05, 4.69) is 39.1 Å². The van der Waals surface area contributed by atoms with Crippen LogP contribution in [0.1, 0.15) is 23.6 Å². The molecule has 1 atom stereocenters. The number of nitrogens with one attached hydrogen (secondary N) is 2. The minimum atomic E-state index is 0. The number of hydrogen-bond acceptors (Lipinski definition) is 4. The maximum absolute atomic E-state index is 11.9. The van der Waals surface area contributed by atoms with Gasteiger partial charge in [-0.3, -0.25) is 9.48 Å². The van der Waals surface area contributed by atoms with Gasteiger partial charge in [-0.15, -0.1) is 17.5 Å². The largest absolute Gasteiger partial charge is 0.354 e. The van der Waals surface area contributed by atoms with Crippen LogP contribution in [-0.4, -0.2) is 34.0 Å². The van der Waals surface area contributed by atoms with Gasteiger partial charge in [0, 0.05) is 25.2 Å². The first-order valence-electron chi connectivity index (χ1n) is 7.25. The molecule has 7 heteroatoms. The first kappa shape index (κ1) is 16.5. The van der Waals surface area contributed by atoms with Crippen LogP contribution in [0.25, 0.3) is 0 Å². The number of aryl methyl sites for hydroxylation is 1. The van der Waals surface area contributed by atoms with Crippen LogP contribution in [-0.2, 0) is 17.8 Å². The van der Waals surface area contributed by atoms with Crippen molar-refractivity contribution in [2.24, 2.45) is 0 Å². The molecule has 0 radical (unpaired) electrons. The third-order valence-electron chi connectivity index (χ3n) is 3.76. The van der Waals surface area contributed by atoms with Crippen LogP contribution in [0.5, 0.6) is 0 Å². The molecule has 118 valence electrons. The lowest BCUT2D eigenvalue weighted by Gasteiger charge is -2.27. The maximum atomic E-state index is 11.9. The topological polar surface area (TPSA) is 71.8 Å². The summed E-state index contributed by atoms with van der Waals surface area (Å²) in [6.45, 7) is 2.13. The second-order valence-electron chi connectivity index (χ2n) is 5.18. The molecule has 0 aliphatic carbocycles. The van der Waals surface area contributed by atoms with Crippen molar-refractivity contribution in [2.45, 2.75) is 25.4 Å². The molecular formula is C15H20ClN5O. The second kappa shape index (κ2) is 7.91. The highest BCUT2D eigenvalue weighted by atomic mass is 35.5. The molecule has 1 aliphatic heterocycles. The van der Waals surface area contributed by atoms with Gasteiger partial charge in [0.25, 0.3) is 0 Å². The van der Waals surface area contributed by atoms with Gasteiger partial charge in [0.05, 0.1) is 12.7 Å². The average Bonchev–Trinajstić information content (AvgIpc) is 3.04. The fourth-order valence-corrected chi connectivity index (χ4v) is 2.65. The van der Waals surface area contributed by atoms with E-state index in [9.17, 15) is 4.79 Å². The Balaban J connectivity index is 0.00000176. The van der Waals surface area contributed by atoms with Gasteiger partial charge in [-0.2, -0.15) is 0 Å². The van der Waals surface area contributed by atoms with Crippen LogP contribution >= 0.6 is 12.4 Å². The maximum Gasteiger partial charge on any atom is 0.221 e. The van der Waals surface area contributed by atoms with Gasteiger partial charge < -0.3 is 10.6 Å². The van der Waals surface area contributed by atoms with Crippen molar-refractivity contribution >= 4 is 18.3 Å². The van der Waals surface area contributed by atoms with Crippen molar-refractivity contribution in [1.82, 2.24) is 25.6 Å². The molecule has 2 N–H and O–H groups in total. The van der Waals surface area contributed by atoms with Gasteiger partial charge in [-0.25, -0.2) is 0 Å². The number of nitrogens with zero attached hydrogens (tertiary/aromatic N) is 3. The second-order valence-corrected chi connectivity index (χ2v) is 5.18. The Bertz CT molecular complexity index is 602. The molecule has 0 saturated carbocycles. The summed E-state index contributed by atoms with van der Waals surface area (Å²) in [6.07, 6.45) is 4.83. The quantitative estimate of drug-likeness (QED) is 0.865. The summed E-state index contributed by atoms with van der Waals surface area (Å²) in [4.78, 5) is 11.9. The van der Waals surface area contributed by atoms with Crippen molar-refractivity contribution in [3.63, 3.8) is 0 Å². The van der Waals surface area contributed by atoms with E-state index in [-0.39, 0.29) is 24.4 Å². The highest BCUT2D eigenvalue weighted by Gasteiger charge is 2.19. The number of amides is 1. The molecule has 2 heterocycles. The number of carbonyl (C=O) groups is 1. The molecule has 1 aromatic carbocycles. The Labute approximate surface area is 135 Å². The van der Waals surface area contributed by atoms with E-state index in [0.717, 1.165) is 13.0 Å². The molecular weight excluding hydrogens is 302 g/mol. The standard InChI is InChI=1S/C15H19N5O.ClH/c21-15(6-9-20-10-8-18-19-20)17-11-14-13-4-2-1-3-12(13)5-7-16-14;/h1-4,8,10,14,16H,5-7,9,11H2,(H,17,21);1H. The molecule has 2 aromatic rings. The highest BCUT2D eigenvalue weighted by molar-refractivity contribution is 5.85. The van der Waals surface area contributed by atoms with Crippen molar-refractivity contribution in [3.05, 3.63) is 47.8 Å². The van der Waals surface area contributed by atoms with Gasteiger partial charge in [0.1, 0.15) is 0 Å². The fourth-order valence-electron chi connectivity index (χ4n) is 2.65. The van der Waals surface area contributed by atoms with Gasteiger partial charge >= 0.3 is 0 Å². The molecule has 3 rings (SSSR count). The lowest BCUT2D eigenvalue weighted by molar-refractivity contribution is -0.121. The van der Waals surface area contributed by atoms with Crippen molar-refractivity contribution in [1.29, 1.82) is 0 Å². The Morgan fingerprint density at radius 3 is 3.09 bits per heavy atom. The SMILES string of the molecule is Cl.O=C(CCn1ccnn1)NCC1NCCc2ccccc21. The van der Waals surface area contributed by atoms with Gasteiger partial charge in [-0.1, -0.05) is 29.5 Å². The summed E-state index contributed by atoms with van der Waals surface area (Å²) in [7, 11) is 0. The predicted molar refractivity (Wildman–Crippen MR) is 85.8 cm³/mol. The molecule has 1 amide bonds.